The highest BCUT2D eigenvalue weighted by molar-refractivity contribution is 14.1. The Hall–Kier alpha value is -0.820. The van der Waals surface area contributed by atoms with Gasteiger partial charge in [0.05, 0.1) is 3.57 Å². The number of carbonyl (C=O) groups is 1. The fourth-order valence-electron chi connectivity index (χ4n) is 1.64. The number of phenolic OH excluding ortho intramolecular Hbond substituents is 1. The van der Waals surface area contributed by atoms with E-state index in [0.29, 0.717) is 18.7 Å². The predicted molar refractivity (Wildman–Crippen MR) is 80.6 cm³/mol. The monoisotopic (exact) mass is 362 g/mol. The van der Waals surface area contributed by atoms with Crippen LogP contribution in [-0.4, -0.2) is 36.1 Å². The van der Waals surface area contributed by atoms with Gasteiger partial charge in [-0.05, 0) is 52.7 Å². The summed E-state index contributed by atoms with van der Waals surface area (Å²) in [6.07, 6.45) is 0. The highest BCUT2D eigenvalue weighted by Crippen LogP contribution is 2.22. The van der Waals surface area contributed by atoms with Crippen LogP contribution in [0.1, 0.15) is 24.2 Å². The second-order valence-electron chi connectivity index (χ2n) is 5.20. The third-order valence-electron chi connectivity index (χ3n) is 2.76. The number of carbonyl (C=O) groups excluding carboxylic acids is 1. The maximum atomic E-state index is 12.2. The van der Waals surface area contributed by atoms with E-state index in [4.69, 9.17) is 5.73 Å². The number of amides is 1. The molecule has 1 aromatic carbocycles. The predicted octanol–water partition coefficient (Wildman–Crippen LogP) is 2.05. The summed E-state index contributed by atoms with van der Waals surface area (Å²) in [6.45, 7) is 5.13. The number of hydrogen-bond donors (Lipinski definition) is 2. The van der Waals surface area contributed by atoms with E-state index in [1.807, 2.05) is 36.4 Å². The van der Waals surface area contributed by atoms with E-state index in [2.05, 4.69) is 0 Å². The van der Waals surface area contributed by atoms with Crippen molar-refractivity contribution in [3.8, 4) is 5.75 Å². The van der Waals surface area contributed by atoms with Gasteiger partial charge in [0, 0.05) is 19.2 Å². The Bertz CT molecular complexity index is 447. The molecule has 100 valence electrons. The molecule has 0 spiro atoms. The van der Waals surface area contributed by atoms with Gasteiger partial charge >= 0.3 is 0 Å². The molecular formula is C13H19IN2O2. The van der Waals surface area contributed by atoms with Crippen molar-refractivity contribution in [2.24, 2.45) is 11.1 Å². The van der Waals surface area contributed by atoms with Crippen molar-refractivity contribution in [3.05, 3.63) is 27.3 Å². The molecule has 18 heavy (non-hydrogen) atoms. The largest absolute Gasteiger partial charge is 0.507 e. The molecular weight excluding hydrogens is 343 g/mol. The number of phenols is 1. The molecule has 0 heterocycles. The lowest BCUT2D eigenvalue weighted by Gasteiger charge is -2.29. The molecule has 0 saturated carbocycles. The van der Waals surface area contributed by atoms with Gasteiger partial charge in [-0.25, -0.2) is 0 Å². The smallest absolute Gasteiger partial charge is 0.253 e. The second-order valence-corrected chi connectivity index (χ2v) is 6.36. The van der Waals surface area contributed by atoms with E-state index < -0.39 is 0 Å². The van der Waals surface area contributed by atoms with Crippen LogP contribution in [0.3, 0.4) is 0 Å². The van der Waals surface area contributed by atoms with Crippen molar-refractivity contribution in [2.45, 2.75) is 13.8 Å². The number of halogens is 1. The maximum absolute atomic E-state index is 12.2. The summed E-state index contributed by atoms with van der Waals surface area (Å²) in [7, 11) is 1.74. The van der Waals surface area contributed by atoms with E-state index in [1.54, 1.807) is 24.1 Å². The van der Waals surface area contributed by atoms with Gasteiger partial charge in [-0.3, -0.25) is 4.79 Å². The molecule has 4 nitrogen and oxygen atoms in total. The van der Waals surface area contributed by atoms with Gasteiger partial charge in [-0.2, -0.15) is 0 Å². The zero-order chi connectivity index (χ0) is 13.9. The number of benzene rings is 1. The van der Waals surface area contributed by atoms with Crippen LogP contribution in [0.2, 0.25) is 0 Å². The Morgan fingerprint density at radius 2 is 2.11 bits per heavy atom. The highest BCUT2D eigenvalue weighted by Gasteiger charge is 2.22. The Morgan fingerprint density at radius 1 is 1.50 bits per heavy atom. The summed E-state index contributed by atoms with van der Waals surface area (Å²) in [5.41, 5.74) is 6.03. The molecule has 0 atom stereocenters. The van der Waals surface area contributed by atoms with E-state index in [9.17, 15) is 9.90 Å². The summed E-state index contributed by atoms with van der Waals surface area (Å²) < 4.78 is 0.731. The van der Waals surface area contributed by atoms with Gasteiger partial charge in [0.2, 0.25) is 0 Å². The van der Waals surface area contributed by atoms with Crippen LogP contribution in [-0.2, 0) is 0 Å². The molecule has 1 aromatic rings. The summed E-state index contributed by atoms with van der Waals surface area (Å²) >= 11 is 2.02. The third-order valence-corrected chi connectivity index (χ3v) is 3.67. The molecule has 0 aliphatic heterocycles. The molecule has 0 saturated heterocycles. The third kappa shape index (κ3) is 3.84. The molecule has 0 radical (unpaired) electrons. The average molecular weight is 362 g/mol. The van der Waals surface area contributed by atoms with Crippen molar-refractivity contribution in [2.75, 3.05) is 20.1 Å². The summed E-state index contributed by atoms with van der Waals surface area (Å²) in [6, 6.07) is 4.94. The number of rotatable bonds is 4. The van der Waals surface area contributed by atoms with Crippen molar-refractivity contribution < 1.29 is 9.90 Å². The minimum absolute atomic E-state index is 0.108. The van der Waals surface area contributed by atoms with Crippen LogP contribution in [0.4, 0.5) is 0 Å². The lowest BCUT2D eigenvalue weighted by molar-refractivity contribution is 0.0740. The first kappa shape index (κ1) is 15.2. The van der Waals surface area contributed by atoms with Crippen LogP contribution >= 0.6 is 22.6 Å². The second kappa shape index (κ2) is 5.88. The normalized spacial score (nSPS) is 11.4. The quantitative estimate of drug-likeness (QED) is 0.806. The minimum Gasteiger partial charge on any atom is -0.507 e. The number of aromatic hydroxyl groups is 1. The Kier molecular flexibility index (Phi) is 4.98. The van der Waals surface area contributed by atoms with Gasteiger partial charge in [0.15, 0.2) is 0 Å². The fourth-order valence-corrected chi connectivity index (χ4v) is 1.98. The van der Waals surface area contributed by atoms with Crippen molar-refractivity contribution in [1.29, 1.82) is 0 Å². The Balaban J connectivity index is 2.83. The Labute approximate surface area is 121 Å². The number of nitrogens with two attached hydrogens (primary N) is 1. The molecule has 5 heteroatoms. The molecule has 0 aromatic heterocycles. The van der Waals surface area contributed by atoms with Gasteiger partial charge < -0.3 is 15.7 Å². The lowest BCUT2D eigenvalue weighted by Crippen LogP contribution is -2.39. The SMILES string of the molecule is CN(CC(C)(C)CN)C(=O)c1ccc(I)c(O)c1. The molecule has 0 fully saturated rings. The van der Waals surface area contributed by atoms with E-state index in [1.165, 1.54) is 6.07 Å². The van der Waals surface area contributed by atoms with Crippen molar-refractivity contribution in [1.82, 2.24) is 4.90 Å². The van der Waals surface area contributed by atoms with Crippen LogP contribution in [0, 0.1) is 8.99 Å². The van der Waals surface area contributed by atoms with Gasteiger partial charge in [0.1, 0.15) is 5.75 Å². The maximum Gasteiger partial charge on any atom is 0.253 e. The molecule has 1 rings (SSSR count). The van der Waals surface area contributed by atoms with Gasteiger partial charge in [-0.15, -0.1) is 0 Å². The van der Waals surface area contributed by atoms with Crippen molar-refractivity contribution in [3.63, 3.8) is 0 Å². The molecule has 0 unspecified atom stereocenters. The zero-order valence-corrected chi connectivity index (χ0v) is 13.1. The van der Waals surface area contributed by atoms with Crippen molar-refractivity contribution >= 4 is 28.5 Å². The van der Waals surface area contributed by atoms with Crippen LogP contribution in [0.5, 0.6) is 5.75 Å². The van der Waals surface area contributed by atoms with E-state index in [-0.39, 0.29) is 17.1 Å². The number of nitrogens with zero attached hydrogens (tertiary/aromatic N) is 1. The fraction of sp³-hybridized carbons (Fsp3) is 0.462. The Morgan fingerprint density at radius 3 is 2.61 bits per heavy atom. The topological polar surface area (TPSA) is 66.6 Å². The lowest BCUT2D eigenvalue weighted by atomic mass is 9.93. The molecule has 0 aliphatic rings. The first-order valence-corrected chi connectivity index (χ1v) is 6.79. The summed E-state index contributed by atoms with van der Waals surface area (Å²) in [5, 5.41) is 9.61. The van der Waals surface area contributed by atoms with E-state index >= 15 is 0 Å². The summed E-state index contributed by atoms with van der Waals surface area (Å²) in [4.78, 5) is 13.8. The molecule has 0 bridgehead atoms. The molecule has 0 aliphatic carbocycles. The van der Waals surface area contributed by atoms with E-state index in [0.717, 1.165) is 3.57 Å². The first-order chi connectivity index (χ1) is 8.26. The minimum atomic E-state index is -0.115. The summed E-state index contributed by atoms with van der Waals surface area (Å²) in [5.74, 6) is 0.0242. The zero-order valence-electron chi connectivity index (χ0n) is 10.9. The molecule has 1 amide bonds. The van der Waals surface area contributed by atoms with Crippen LogP contribution < -0.4 is 5.73 Å². The van der Waals surface area contributed by atoms with Gasteiger partial charge in [-0.1, -0.05) is 13.8 Å². The van der Waals surface area contributed by atoms with Crippen LogP contribution in [0.15, 0.2) is 18.2 Å². The average Bonchev–Trinajstić information content (AvgIpc) is 2.31. The highest BCUT2D eigenvalue weighted by atomic mass is 127. The number of hydrogen-bond acceptors (Lipinski definition) is 3. The van der Waals surface area contributed by atoms with Gasteiger partial charge in [0.25, 0.3) is 5.91 Å². The first-order valence-electron chi connectivity index (χ1n) is 5.71. The standard InChI is InChI=1S/C13H19IN2O2/c1-13(2,7-15)8-16(3)12(18)9-4-5-10(14)11(17)6-9/h4-6,17H,7-8,15H2,1-3H3. The molecule has 3 N–H and O–H groups in total. The van der Waals surface area contributed by atoms with Crippen LogP contribution in [0.25, 0.3) is 0 Å².